The quantitative estimate of drug-likeness (QED) is 0.768. The molecule has 5 heteroatoms. The molecule has 3 aromatic rings. The first kappa shape index (κ1) is 15.0. The number of fused-ring (bicyclic) bond motifs is 1. The summed E-state index contributed by atoms with van der Waals surface area (Å²) in [6, 6.07) is 10.4. The van der Waals surface area contributed by atoms with Gasteiger partial charge in [-0.05, 0) is 18.1 Å². The monoisotopic (exact) mass is 308 g/mol. The highest BCUT2D eigenvalue weighted by atomic mass is 16.4. The summed E-state index contributed by atoms with van der Waals surface area (Å²) in [4.78, 5) is 19.7. The number of aromatic nitrogens is 2. The Morgan fingerprint density at radius 1 is 1.17 bits per heavy atom. The lowest BCUT2D eigenvalue weighted by Crippen LogP contribution is -2.00. The molecule has 0 bridgehead atoms. The minimum atomic E-state index is -1.07. The third-order valence-electron chi connectivity index (χ3n) is 3.69. The molecule has 1 aromatic carbocycles. The molecule has 0 aliphatic heterocycles. The summed E-state index contributed by atoms with van der Waals surface area (Å²) in [6.45, 7) is 3.92. The van der Waals surface area contributed by atoms with Crippen LogP contribution in [0.2, 0.25) is 0 Å². The normalized spacial score (nSPS) is 11.1. The number of aromatic carboxylic acids is 1. The minimum absolute atomic E-state index is 0.0130. The van der Waals surface area contributed by atoms with E-state index in [2.05, 4.69) is 9.97 Å². The molecule has 3 rings (SSSR count). The van der Waals surface area contributed by atoms with Crippen LogP contribution >= 0.6 is 0 Å². The molecule has 0 fully saturated rings. The zero-order chi connectivity index (χ0) is 16.6. The molecule has 2 N–H and O–H groups in total. The lowest BCUT2D eigenvalue weighted by Gasteiger charge is -2.11. The van der Waals surface area contributed by atoms with Gasteiger partial charge in [0.1, 0.15) is 11.4 Å². The van der Waals surface area contributed by atoms with E-state index in [4.69, 9.17) is 5.11 Å². The van der Waals surface area contributed by atoms with Gasteiger partial charge in [0.15, 0.2) is 0 Å². The number of carboxylic acids is 1. The summed E-state index contributed by atoms with van der Waals surface area (Å²) in [5.74, 6) is -0.824. The number of aromatic hydroxyl groups is 1. The maximum Gasteiger partial charge on any atom is 0.354 e. The van der Waals surface area contributed by atoms with Crippen LogP contribution in [-0.4, -0.2) is 26.2 Å². The van der Waals surface area contributed by atoms with Crippen LogP contribution in [0.3, 0.4) is 0 Å². The zero-order valence-corrected chi connectivity index (χ0v) is 12.8. The third-order valence-corrected chi connectivity index (χ3v) is 3.69. The average molecular weight is 308 g/mol. The number of nitrogens with zero attached hydrogens (tertiary/aromatic N) is 2. The van der Waals surface area contributed by atoms with Gasteiger partial charge in [-0.25, -0.2) is 9.78 Å². The molecule has 0 aliphatic rings. The molecule has 2 heterocycles. The van der Waals surface area contributed by atoms with Crippen molar-refractivity contribution in [3.8, 4) is 16.9 Å². The van der Waals surface area contributed by atoms with Crippen molar-refractivity contribution in [2.24, 2.45) is 0 Å². The lowest BCUT2D eigenvalue weighted by molar-refractivity contribution is 0.0691. The molecule has 0 saturated heterocycles. The van der Waals surface area contributed by atoms with Gasteiger partial charge in [-0.2, -0.15) is 0 Å². The molecule has 0 spiro atoms. The molecule has 0 radical (unpaired) electrons. The number of pyridine rings is 2. The van der Waals surface area contributed by atoms with Crippen molar-refractivity contribution in [1.82, 2.24) is 9.97 Å². The van der Waals surface area contributed by atoms with E-state index >= 15 is 0 Å². The Kier molecular flexibility index (Phi) is 3.70. The lowest BCUT2D eigenvalue weighted by atomic mass is 10.0. The average Bonchev–Trinajstić information content (AvgIpc) is 2.53. The van der Waals surface area contributed by atoms with Gasteiger partial charge in [0.2, 0.25) is 0 Å². The molecule has 116 valence electrons. The number of carboxylic acid groups (broad SMARTS) is 1. The van der Waals surface area contributed by atoms with Crippen molar-refractivity contribution < 1.29 is 15.0 Å². The number of carbonyl (C=O) groups is 1. The second kappa shape index (κ2) is 5.68. The summed E-state index contributed by atoms with van der Waals surface area (Å²) < 4.78 is 0. The number of para-hydroxylation sites is 1. The van der Waals surface area contributed by atoms with Crippen LogP contribution in [0.1, 0.15) is 35.9 Å². The van der Waals surface area contributed by atoms with E-state index in [0.29, 0.717) is 16.8 Å². The van der Waals surface area contributed by atoms with E-state index in [1.807, 2.05) is 32.0 Å². The zero-order valence-electron chi connectivity index (χ0n) is 12.8. The molecule has 5 nitrogen and oxygen atoms in total. The highest BCUT2D eigenvalue weighted by Gasteiger charge is 2.13. The highest BCUT2D eigenvalue weighted by molar-refractivity contribution is 5.96. The van der Waals surface area contributed by atoms with Gasteiger partial charge in [-0.1, -0.05) is 38.1 Å². The maximum atomic E-state index is 11.2. The first-order valence-electron chi connectivity index (χ1n) is 7.29. The van der Waals surface area contributed by atoms with Gasteiger partial charge < -0.3 is 10.2 Å². The molecule has 2 aromatic heterocycles. The van der Waals surface area contributed by atoms with E-state index in [-0.39, 0.29) is 17.4 Å². The predicted molar refractivity (Wildman–Crippen MR) is 87.7 cm³/mol. The summed E-state index contributed by atoms with van der Waals surface area (Å²) in [5, 5.41) is 20.1. The highest BCUT2D eigenvalue weighted by Crippen LogP contribution is 2.32. The summed E-state index contributed by atoms with van der Waals surface area (Å²) >= 11 is 0. The van der Waals surface area contributed by atoms with Gasteiger partial charge in [0, 0.05) is 22.7 Å². The van der Waals surface area contributed by atoms with Crippen molar-refractivity contribution in [2.75, 3.05) is 0 Å². The van der Waals surface area contributed by atoms with Crippen molar-refractivity contribution in [2.45, 2.75) is 19.8 Å². The van der Waals surface area contributed by atoms with Crippen molar-refractivity contribution >= 4 is 16.9 Å². The van der Waals surface area contributed by atoms with E-state index in [9.17, 15) is 9.90 Å². The molecule has 0 atom stereocenters. The standard InChI is InChI=1S/C18H16N2O3/c1-10(2)16-15(21)8-12(9-19-16)13-5-3-4-11-6-7-14(18(22)23)20-17(11)13/h3-10,21H,1-2H3,(H,22,23). The molecule has 0 unspecified atom stereocenters. The van der Waals surface area contributed by atoms with Crippen molar-refractivity contribution in [3.63, 3.8) is 0 Å². The van der Waals surface area contributed by atoms with Crippen LogP contribution < -0.4 is 0 Å². The Morgan fingerprint density at radius 3 is 2.61 bits per heavy atom. The smallest absolute Gasteiger partial charge is 0.354 e. The molecule has 0 amide bonds. The van der Waals surface area contributed by atoms with Gasteiger partial charge in [-0.3, -0.25) is 4.98 Å². The van der Waals surface area contributed by atoms with E-state index < -0.39 is 5.97 Å². The molecular formula is C18H16N2O3. The summed E-state index contributed by atoms with van der Waals surface area (Å²) in [7, 11) is 0. The Labute approximate surface area is 133 Å². The number of hydrogen-bond donors (Lipinski definition) is 2. The fraction of sp³-hybridized carbons (Fsp3) is 0.167. The number of rotatable bonds is 3. The predicted octanol–water partition coefficient (Wildman–Crippen LogP) is 3.82. The Morgan fingerprint density at radius 2 is 1.96 bits per heavy atom. The number of benzene rings is 1. The Bertz CT molecular complexity index is 904. The van der Waals surface area contributed by atoms with Crippen LogP contribution in [0, 0.1) is 0 Å². The van der Waals surface area contributed by atoms with Crippen LogP contribution in [0.5, 0.6) is 5.75 Å². The van der Waals surface area contributed by atoms with E-state index in [0.717, 1.165) is 10.9 Å². The van der Waals surface area contributed by atoms with Gasteiger partial charge >= 0.3 is 5.97 Å². The molecule has 23 heavy (non-hydrogen) atoms. The van der Waals surface area contributed by atoms with Crippen LogP contribution in [0.4, 0.5) is 0 Å². The molecular weight excluding hydrogens is 292 g/mol. The molecule has 0 saturated carbocycles. The van der Waals surface area contributed by atoms with Gasteiger partial charge in [0.25, 0.3) is 0 Å². The number of hydrogen-bond acceptors (Lipinski definition) is 4. The topological polar surface area (TPSA) is 83.3 Å². The van der Waals surface area contributed by atoms with Crippen molar-refractivity contribution in [3.05, 3.63) is 54.0 Å². The summed E-state index contributed by atoms with van der Waals surface area (Å²) in [5.41, 5.74) is 2.64. The summed E-state index contributed by atoms with van der Waals surface area (Å²) in [6.07, 6.45) is 1.68. The van der Waals surface area contributed by atoms with E-state index in [1.54, 1.807) is 18.3 Å². The SMILES string of the molecule is CC(C)c1ncc(-c2cccc3ccc(C(=O)O)nc23)cc1O. The fourth-order valence-corrected chi connectivity index (χ4v) is 2.55. The van der Waals surface area contributed by atoms with E-state index in [1.165, 1.54) is 6.07 Å². The van der Waals surface area contributed by atoms with Gasteiger partial charge in [0.05, 0.1) is 11.2 Å². The largest absolute Gasteiger partial charge is 0.506 e. The second-order valence-corrected chi connectivity index (χ2v) is 5.66. The third kappa shape index (κ3) is 2.73. The Hall–Kier alpha value is -2.95. The van der Waals surface area contributed by atoms with Crippen LogP contribution in [0.15, 0.2) is 42.6 Å². The Balaban J connectivity index is 2.21. The second-order valence-electron chi connectivity index (χ2n) is 5.66. The fourth-order valence-electron chi connectivity index (χ4n) is 2.55. The minimum Gasteiger partial charge on any atom is -0.506 e. The first-order chi connectivity index (χ1) is 11.0. The maximum absolute atomic E-state index is 11.2. The van der Waals surface area contributed by atoms with Crippen LogP contribution in [-0.2, 0) is 0 Å². The first-order valence-corrected chi connectivity index (χ1v) is 7.29. The van der Waals surface area contributed by atoms with Crippen molar-refractivity contribution in [1.29, 1.82) is 0 Å². The van der Waals surface area contributed by atoms with Gasteiger partial charge in [-0.15, -0.1) is 0 Å². The molecule has 0 aliphatic carbocycles. The van der Waals surface area contributed by atoms with Crippen LogP contribution in [0.25, 0.3) is 22.0 Å².